The van der Waals surface area contributed by atoms with Gasteiger partial charge in [0, 0.05) is 45.9 Å². The number of nitrogens with zero attached hydrogens (tertiary/aromatic N) is 2. The molecular weight excluding hydrogens is 620 g/mol. The maximum absolute atomic E-state index is 12.2. The number of sulfone groups is 1. The molecule has 0 unspecified atom stereocenters. The fourth-order valence-electron chi connectivity index (χ4n) is 2.84. The quantitative estimate of drug-likeness (QED) is 0.213. The summed E-state index contributed by atoms with van der Waals surface area (Å²) in [7, 11) is -3.61. The van der Waals surface area contributed by atoms with Crippen LogP contribution in [0.5, 0.6) is 0 Å². The summed E-state index contributed by atoms with van der Waals surface area (Å²) in [5, 5.41) is 21.1. The highest BCUT2D eigenvalue weighted by Gasteiger charge is 2.22. The molecule has 194 valence electrons. The van der Waals surface area contributed by atoms with Gasteiger partial charge in [-0.1, -0.05) is 57.5 Å². The second kappa shape index (κ2) is 15.4. The van der Waals surface area contributed by atoms with Crippen molar-refractivity contribution in [2.45, 2.75) is 30.9 Å². The van der Waals surface area contributed by atoms with Gasteiger partial charge >= 0.3 is 0 Å². The minimum atomic E-state index is -3.61. The first-order chi connectivity index (χ1) is 16.6. The predicted molar refractivity (Wildman–Crippen MR) is 146 cm³/mol. The zero-order valence-corrected chi connectivity index (χ0v) is 22.4. The van der Waals surface area contributed by atoms with E-state index in [1.54, 1.807) is 30.3 Å². The molecular formula is C24H26Br2N2O7S. The second-order valence-electron chi connectivity index (χ2n) is 7.16. The standard InChI is InChI=1S/C13H10BrNO4S.C6H4BrNO2.C4H8O.CH4/c14-11-6-7-13(15(16)17)10(8-11)9-20(18,19)12-4-2-1-3-5-12;7-5-1-3-6(4-2-5)8(9)10;1-2-4-5-3-1;/h1-8H,9H2;1-4H;1-4H2;1H4. The molecule has 12 heteroatoms. The van der Waals surface area contributed by atoms with Crippen molar-refractivity contribution in [3.8, 4) is 0 Å². The van der Waals surface area contributed by atoms with Crippen LogP contribution in [0.1, 0.15) is 25.8 Å². The van der Waals surface area contributed by atoms with Crippen molar-refractivity contribution in [2.75, 3.05) is 13.2 Å². The molecule has 4 rings (SSSR count). The molecule has 1 heterocycles. The molecule has 0 amide bonds. The molecule has 1 saturated heterocycles. The van der Waals surface area contributed by atoms with E-state index >= 15 is 0 Å². The van der Waals surface area contributed by atoms with Crippen LogP contribution < -0.4 is 0 Å². The van der Waals surface area contributed by atoms with Gasteiger partial charge in [0.05, 0.1) is 20.5 Å². The molecule has 9 nitrogen and oxygen atoms in total. The number of hydrogen-bond acceptors (Lipinski definition) is 7. The molecule has 0 atom stereocenters. The highest BCUT2D eigenvalue weighted by molar-refractivity contribution is 9.10. The third-order valence-electron chi connectivity index (χ3n) is 4.55. The van der Waals surface area contributed by atoms with Gasteiger partial charge < -0.3 is 4.74 Å². The van der Waals surface area contributed by atoms with Crippen LogP contribution in [0.15, 0.2) is 86.6 Å². The SMILES string of the molecule is C.C1CCOC1.O=[N+]([O-])c1ccc(Br)cc1.O=[N+]([O-])c1ccc(Br)cc1CS(=O)(=O)c1ccccc1. The molecule has 0 bridgehead atoms. The summed E-state index contributed by atoms with van der Waals surface area (Å²) in [5.41, 5.74) is 0.0733. The lowest BCUT2D eigenvalue weighted by Gasteiger charge is -2.06. The first-order valence-corrected chi connectivity index (χ1v) is 13.5. The van der Waals surface area contributed by atoms with Gasteiger partial charge in [0.25, 0.3) is 11.4 Å². The van der Waals surface area contributed by atoms with Crippen molar-refractivity contribution in [3.63, 3.8) is 0 Å². The lowest BCUT2D eigenvalue weighted by Crippen LogP contribution is -2.07. The van der Waals surface area contributed by atoms with E-state index in [9.17, 15) is 28.6 Å². The molecule has 0 N–H and O–H groups in total. The molecule has 1 aliphatic rings. The van der Waals surface area contributed by atoms with Crippen molar-refractivity contribution < 1.29 is 23.0 Å². The highest BCUT2D eigenvalue weighted by atomic mass is 79.9. The lowest BCUT2D eigenvalue weighted by molar-refractivity contribution is -0.385. The Labute approximate surface area is 227 Å². The summed E-state index contributed by atoms with van der Waals surface area (Å²) in [6.45, 7) is 2.00. The van der Waals surface area contributed by atoms with Gasteiger partial charge in [0.15, 0.2) is 9.84 Å². The van der Waals surface area contributed by atoms with Gasteiger partial charge in [-0.25, -0.2) is 8.42 Å². The lowest BCUT2D eigenvalue weighted by atomic mass is 10.2. The van der Waals surface area contributed by atoms with Gasteiger partial charge in [-0.2, -0.15) is 0 Å². The largest absolute Gasteiger partial charge is 0.381 e. The summed E-state index contributed by atoms with van der Waals surface area (Å²) >= 11 is 6.36. The van der Waals surface area contributed by atoms with Crippen LogP contribution in [0, 0.1) is 20.2 Å². The molecule has 36 heavy (non-hydrogen) atoms. The van der Waals surface area contributed by atoms with Crippen LogP contribution in [0.2, 0.25) is 0 Å². The Morgan fingerprint density at radius 1 is 0.806 bits per heavy atom. The molecule has 0 aliphatic carbocycles. The van der Waals surface area contributed by atoms with E-state index in [-0.39, 0.29) is 29.3 Å². The van der Waals surface area contributed by atoms with Crippen molar-refractivity contribution in [2.24, 2.45) is 0 Å². The van der Waals surface area contributed by atoms with E-state index in [1.807, 2.05) is 0 Å². The normalized spacial score (nSPS) is 12.2. The highest BCUT2D eigenvalue weighted by Crippen LogP contribution is 2.27. The summed E-state index contributed by atoms with van der Waals surface area (Å²) in [6, 6.07) is 18.3. The third-order valence-corrected chi connectivity index (χ3v) is 7.25. The third kappa shape index (κ3) is 10.5. The average molecular weight is 646 g/mol. The molecule has 0 radical (unpaired) electrons. The molecule has 0 aromatic heterocycles. The zero-order chi connectivity index (χ0) is 25.8. The molecule has 1 aliphatic heterocycles. The van der Waals surface area contributed by atoms with Crippen molar-refractivity contribution in [1.29, 1.82) is 0 Å². The van der Waals surface area contributed by atoms with E-state index in [0.29, 0.717) is 4.47 Å². The van der Waals surface area contributed by atoms with Crippen LogP contribution >= 0.6 is 31.9 Å². The van der Waals surface area contributed by atoms with E-state index in [1.165, 1.54) is 55.3 Å². The average Bonchev–Trinajstić information content (AvgIpc) is 3.40. The molecule has 1 fully saturated rings. The Bertz CT molecular complexity index is 1230. The number of hydrogen-bond donors (Lipinski definition) is 0. The number of benzene rings is 3. The number of nitro benzene ring substituents is 2. The summed E-state index contributed by atoms with van der Waals surface area (Å²) in [5.74, 6) is -0.410. The maximum Gasteiger partial charge on any atom is 0.273 e. The van der Waals surface area contributed by atoms with Gasteiger partial charge in [-0.3, -0.25) is 20.2 Å². The van der Waals surface area contributed by atoms with Gasteiger partial charge in [-0.05, 0) is 49.2 Å². The van der Waals surface area contributed by atoms with Crippen LogP contribution in [0.3, 0.4) is 0 Å². The van der Waals surface area contributed by atoms with Gasteiger partial charge in [0.2, 0.25) is 0 Å². The number of nitro groups is 2. The smallest absolute Gasteiger partial charge is 0.273 e. The van der Waals surface area contributed by atoms with E-state index in [4.69, 9.17) is 4.74 Å². The van der Waals surface area contributed by atoms with Crippen LogP contribution in [0.25, 0.3) is 0 Å². The van der Waals surface area contributed by atoms with Gasteiger partial charge in [0.1, 0.15) is 0 Å². The number of non-ortho nitro benzene ring substituents is 1. The minimum Gasteiger partial charge on any atom is -0.381 e. The molecule has 3 aromatic rings. The Kier molecular flexibility index (Phi) is 13.5. The maximum atomic E-state index is 12.2. The molecule has 3 aromatic carbocycles. The summed E-state index contributed by atoms with van der Waals surface area (Å²) in [4.78, 5) is 20.2. The van der Waals surface area contributed by atoms with Crippen molar-refractivity contribution in [1.82, 2.24) is 0 Å². The summed E-state index contributed by atoms with van der Waals surface area (Å²) in [6.07, 6.45) is 2.56. The van der Waals surface area contributed by atoms with Crippen LogP contribution in [0.4, 0.5) is 11.4 Å². The second-order valence-corrected chi connectivity index (χ2v) is 11.0. The number of ether oxygens (including phenoxy) is 1. The monoisotopic (exact) mass is 644 g/mol. The molecule has 0 saturated carbocycles. The fourth-order valence-corrected chi connectivity index (χ4v) is 4.89. The predicted octanol–water partition coefficient (Wildman–Crippen LogP) is 7.12. The number of rotatable bonds is 5. The topological polar surface area (TPSA) is 130 Å². The summed E-state index contributed by atoms with van der Waals surface area (Å²) < 4.78 is 30.9. The minimum absolute atomic E-state index is 0. The van der Waals surface area contributed by atoms with Gasteiger partial charge in [-0.15, -0.1) is 0 Å². The van der Waals surface area contributed by atoms with Crippen molar-refractivity contribution in [3.05, 3.63) is 108 Å². The van der Waals surface area contributed by atoms with Crippen molar-refractivity contribution >= 4 is 53.1 Å². The molecule has 0 spiro atoms. The first kappa shape index (κ1) is 31.4. The Balaban J connectivity index is 0.000000335. The van der Waals surface area contributed by atoms with Crippen LogP contribution in [-0.4, -0.2) is 31.5 Å². The Morgan fingerprint density at radius 2 is 1.36 bits per heavy atom. The van der Waals surface area contributed by atoms with E-state index in [2.05, 4.69) is 31.9 Å². The zero-order valence-electron chi connectivity index (χ0n) is 18.4. The fraction of sp³-hybridized carbons (Fsp3) is 0.250. The van der Waals surface area contributed by atoms with Crippen LogP contribution in [-0.2, 0) is 20.3 Å². The first-order valence-electron chi connectivity index (χ1n) is 10.3. The van der Waals surface area contributed by atoms with E-state index in [0.717, 1.165) is 17.7 Å². The Morgan fingerprint density at radius 3 is 1.83 bits per heavy atom. The van der Waals surface area contributed by atoms with E-state index < -0.39 is 25.4 Å². The number of halogens is 2. The Hall–Kier alpha value is -2.67.